The largest absolute Gasteiger partial charge is 0.384 e. The Kier molecular flexibility index (Phi) is 6.40. The number of carbonyl (C=O) groups is 2. The molecule has 1 aromatic heterocycles. The van der Waals surface area contributed by atoms with Crippen molar-refractivity contribution in [3.8, 4) is 11.8 Å². The zero-order valence-electron chi connectivity index (χ0n) is 12.7. The molecule has 114 valence electrons. The first-order chi connectivity index (χ1) is 9.85. The molecule has 0 saturated carbocycles. The lowest BCUT2D eigenvalue weighted by molar-refractivity contribution is -0.122. The number of aryl methyl sites for hydroxylation is 1. The van der Waals surface area contributed by atoms with Crippen molar-refractivity contribution >= 4 is 23.2 Å². The summed E-state index contributed by atoms with van der Waals surface area (Å²) in [4.78, 5) is 26.6. The Bertz CT molecular complexity index is 581. The number of thiophene rings is 1. The molecule has 0 unspecified atom stereocenters. The summed E-state index contributed by atoms with van der Waals surface area (Å²) in [6.07, 6.45) is 0. The maximum Gasteiger partial charge on any atom is 0.264 e. The molecule has 0 aromatic carbocycles. The van der Waals surface area contributed by atoms with Crippen LogP contribution in [0.2, 0.25) is 0 Å². The molecule has 0 fully saturated rings. The molecule has 1 rings (SSSR count). The van der Waals surface area contributed by atoms with Gasteiger partial charge in [-0.25, -0.2) is 0 Å². The molecule has 2 N–H and O–H groups in total. The summed E-state index contributed by atoms with van der Waals surface area (Å²) in [6, 6.07) is 1.80. The molecule has 5 nitrogen and oxygen atoms in total. The van der Waals surface area contributed by atoms with Crippen LogP contribution in [0.3, 0.4) is 0 Å². The number of aliphatic hydroxyl groups excluding tert-OH is 1. The molecule has 0 saturated heterocycles. The fourth-order valence-electron chi connectivity index (χ4n) is 1.67. The maximum absolute atomic E-state index is 12.3. The number of aliphatic hydroxyl groups is 1. The molecule has 0 bridgehead atoms. The normalized spacial score (nSPS) is 10.0. The van der Waals surface area contributed by atoms with Crippen LogP contribution in [-0.4, -0.2) is 48.1 Å². The van der Waals surface area contributed by atoms with Gasteiger partial charge in [-0.2, -0.15) is 0 Å². The predicted molar refractivity (Wildman–Crippen MR) is 83.3 cm³/mol. The van der Waals surface area contributed by atoms with Gasteiger partial charge < -0.3 is 15.3 Å². The maximum atomic E-state index is 12.3. The SMILES string of the molecule is Cc1cc(C(=O)N(C)CC(=O)NC(C)C)sc1C#CCO. The average molecular weight is 308 g/mol. The van der Waals surface area contributed by atoms with E-state index in [1.807, 2.05) is 20.8 Å². The van der Waals surface area contributed by atoms with Crippen molar-refractivity contribution in [2.75, 3.05) is 20.2 Å². The minimum atomic E-state index is -0.212. The topological polar surface area (TPSA) is 69.6 Å². The molecular formula is C15H20N2O3S. The fraction of sp³-hybridized carbons (Fsp3) is 0.467. The molecule has 0 aliphatic carbocycles. The lowest BCUT2D eigenvalue weighted by Crippen LogP contribution is -2.40. The first kappa shape index (κ1) is 17.2. The predicted octanol–water partition coefficient (Wildman–Crippen LogP) is 0.997. The first-order valence-electron chi connectivity index (χ1n) is 6.60. The van der Waals surface area contributed by atoms with E-state index in [2.05, 4.69) is 17.2 Å². The summed E-state index contributed by atoms with van der Waals surface area (Å²) in [5.41, 5.74) is 0.893. The van der Waals surface area contributed by atoms with E-state index in [1.165, 1.54) is 16.2 Å². The van der Waals surface area contributed by atoms with Gasteiger partial charge in [0.2, 0.25) is 5.91 Å². The Morgan fingerprint density at radius 1 is 1.48 bits per heavy atom. The second-order valence-electron chi connectivity index (χ2n) is 4.97. The molecule has 0 radical (unpaired) electrons. The number of carbonyl (C=O) groups excluding carboxylic acids is 2. The van der Waals surface area contributed by atoms with Crippen molar-refractivity contribution in [2.45, 2.75) is 26.8 Å². The minimum absolute atomic E-state index is 0.0195. The van der Waals surface area contributed by atoms with Gasteiger partial charge >= 0.3 is 0 Å². The van der Waals surface area contributed by atoms with Gasteiger partial charge in [-0.3, -0.25) is 9.59 Å². The van der Waals surface area contributed by atoms with E-state index in [4.69, 9.17) is 5.11 Å². The highest BCUT2D eigenvalue weighted by Gasteiger charge is 2.18. The van der Waals surface area contributed by atoms with Crippen LogP contribution in [0.1, 0.15) is 34.0 Å². The number of nitrogens with one attached hydrogen (secondary N) is 1. The van der Waals surface area contributed by atoms with E-state index in [0.717, 1.165) is 10.4 Å². The van der Waals surface area contributed by atoms with Gasteiger partial charge in [0.25, 0.3) is 5.91 Å². The zero-order valence-corrected chi connectivity index (χ0v) is 13.5. The molecule has 6 heteroatoms. The summed E-state index contributed by atoms with van der Waals surface area (Å²) in [7, 11) is 1.59. The summed E-state index contributed by atoms with van der Waals surface area (Å²) in [6.45, 7) is 5.41. The molecule has 0 spiro atoms. The monoisotopic (exact) mass is 308 g/mol. The Morgan fingerprint density at radius 3 is 2.71 bits per heavy atom. The van der Waals surface area contributed by atoms with Gasteiger partial charge in [-0.05, 0) is 32.4 Å². The highest BCUT2D eigenvalue weighted by molar-refractivity contribution is 7.14. The van der Waals surface area contributed by atoms with E-state index in [0.29, 0.717) is 4.88 Å². The van der Waals surface area contributed by atoms with Gasteiger partial charge in [0.1, 0.15) is 6.61 Å². The van der Waals surface area contributed by atoms with Crippen molar-refractivity contribution < 1.29 is 14.7 Å². The molecule has 2 amide bonds. The number of rotatable bonds is 4. The van der Waals surface area contributed by atoms with Crippen LogP contribution in [0.5, 0.6) is 0 Å². The van der Waals surface area contributed by atoms with E-state index >= 15 is 0 Å². The van der Waals surface area contributed by atoms with Gasteiger partial charge in [-0.15, -0.1) is 11.3 Å². The number of likely N-dealkylation sites (N-methyl/N-ethyl adjacent to an activating group) is 1. The summed E-state index contributed by atoms with van der Waals surface area (Å²) < 4.78 is 0. The molecule has 1 aromatic rings. The Hall–Kier alpha value is -1.84. The lowest BCUT2D eigenvalue weighted by Gasteiger charge is -2.17. The van der Waals surface area contributed by atoms with E-state index < -0.39 is 0 Å². The Morgan fingerprint density at radius 2 is 2.14 bits per heavy atom. The van der Waals surface area contributed by atoms with Gasteiger partial charge in [0.05, 0.1) is 16.3 Å². The average Bonchev–Trinajstić information content (AvgIpc) is 2.75. The lowest BCUT2D eigenvalue weighted by atomic mass is 10.2. The molecule has 0 atom stereocenters. The summed E-state index contributed by atoms with van der Waals surface area (Å²) in [5.74, 6) is 4.98. The number of hydrogen-bond acceptors (Lipinski definition) is 4. The van der Waals surface area contributed by atoms with Crippen LogP contribution in [0.15, 0.2) is 6.07 Å². The quantitative estimate of drug-likeness (QED) is 0.815. The highest BCUT2D eigenvalue weighted by Crippen LogP contribution is 2.22. The third kappa shape index (κ3) is 5.21. The van der Waals surface area contributed by atoms with E-state index in [1.54, 1.807) is 13.1 Å². The van der Waals surface area contributed by atoms with Crippen molar-refractivity contribution in [3.05, 3.63) is 21.4 Å². The molecule has 21 heavy (non-hydrogen) atoms. The minimum Gasteiger partial charge on any atom is -0.384 e. The first-order valence-corrected chi connectivity index (χ1v) is 7.41. The Balaban J connectivity index is 2.77. The van der Waals surface area contributed by atoms with Crippen molar-refractivity contribution in [1.29, 1.82) is 0 Å². The van der Waals surface area contributed by atoms with E-state index in [9.17, 15) is 9.59 Å². The second-order valence-corrected chi connectivity index (χ2v) is 6.02. The van der Waals surface area contributed by atoms with Crippen molar-refractivity contribution in [3.63, 3.8) is 0 Å². The van der Waals surface area contributed by atoms with Gasteiger partial charge in [0, 0.05) is 13.1 Å². The van der Waals surface area contributed by atoms with E-state index in [-0.39, 0.29) is 31.0 Å². The number of hydrogen-bond donors (Lipinski definition) is 2. The standard InChI is InChI=1S/C15H20N2O3S/c1-10(2)16-14(19)9-17(4)15(20)13-8-11(3)12(21-13)6-5-7-18/h8,10,18H,7,9H2,1-4H3,(H,16,19). The van der Waals surface area contributed by atoms with Crippen LogP contribution >= 0.6 is 11.3 Å². The molecular weight excluding hydrogens is 288 g/mol. The molecule has 0 aliphatic heterocycles. The smallest absolute Gasteiger partial charge is 0.264 e. The third-order valence-corrected chi connectivity index (χ3v) is 3.73. The number of amides is 2. The third-order valence-electron chi connectivity index (χ3n) is 2.59. The number of nitrogens with zero attached hydrogens (tertiary/aromatic N) is 1. The second kappa shape index (κ2) is 7.81. The molecule has 0 aliphatic rings. The highest BCUT2D eigenvalue weighted by atomic mass is 32.1. The van der Waals surface area contributed by atoms with Crippen LogP contribution in [0.25, 0.3) is 0 Å². The Labute approximate surface area is 129 Å². The van der Waals surface area contributed by atoms with Crippen LogP contribution in [0.4, 0.5) is 0 Å². The molecule has 1 heterocycles. The fourth-order valence-corrected chi connectivity index (χ4v) is 2.72. The van der Waals surface area contributed by atoms with Gasteiger partial charge in [-0.1, -0.05) is 11.8 Å². The summed E-state index contributed by atoms with van der Waals surface area (Å²) in [5, 5.41) is 11.5. The van der Waals surface area contributed by atoms with Crippen molar-refractivity contribution in [1.82, 2.24) is 10.2 Å². The van der Waals surface area contributed by atoms with Crippen LogP contribution in [-0.2, 0) is 4.79 Å². The van der Waals surface area contributed by atoms with Crippen molar-refractivity contribution in [2.24, 2.45) is 0 Å². The zero-order chi connectivity index (χ0) is 16.0. The van der Waals surface area contributed by atoms with Crippen LogP contribution in [0, 0.1) is 18.8 Å². The van der Waals surface area contributed by atoms with Crippen LogP contribution < -0.4 is 5.32 Å². The van der Waals surface area contributed by atoms with Gasteiger partial charge in [0.15, 0.2) is 0 Å². The summed E-state index contributed by atoms with van der Waals surface area (Å²) >= 11 is 1.27.